The van der Waals surface area contributed by atoms with Crippen LogP contribution in [0.4, 0.5) is 5.69 Å². The van der Waals surface area contributed by atoms with Gasteiger partial charge in [0.05, 0.1) is 11.3 Å². The summed E-state index contributed by atoms with van der Waals surface area (Å²) < 4.78 is 26.9. The first-order valence-electron chi connectivity index (χ1n) is 9.62. The van der Waals surface area contributed by atoms with Crippen LogP contribution in [-0.2, 0) is 21.2 Å². The lowest BCUT2D eigenvalue weighted by molar-refractivity contribution is -0.119. The van der Waals surface area contributed by atoms with Crippen LogP contribution >= 0.6 is 12.2 Å². The maximum atomic E-state index is 12.7. The Hall–Kier alpha value is -2.29. The molecule has 0 radical (unpaired) electrons. The van der Waals surface area contributed by atoms with Crippen molar-refractivity contribution in [2.24, 2.45) is 0 Å². The summed E-state index contributed by atoms with van der Waals surface area (Å²) in [6.07, 6.45) is 3.11. The minimum Gasteiger partial charge on any atom is -0.332 e. The van der Waals surface area contributed by atoms with E-state index in [-0.39, 0.29) is 22.3 Å². The Morgan fingerprint density at radius 1 is 1.03 bits per heavy atom. The van der Waals surface area contributed by atoms with Gasteiger partial charge in [-0.2, -0.15) is 4.31 Å². The zero-order valence-electron chi connectivity index (χ0n) is 16.3. The fraction of sp³-hybridized carbons (Fsp3) is 0.333. The van der Waals surface area contributed by atoms with E-state index < -0.39 is 10.0 Å². The molecule has 8 heteroatoms. The lowest BCUT2D eigenvalue weighted by Gasteiger charge is -2.25. The number of hydrogen-bond donors (Lipinski definition) is 2. The largest absolute Gasteiger partial charge is 0.332 e. The summed E-state index contributed by atoms with van der Waals surface area (Å²) in [5, 5.41) is 5.75. The second-order valence-corrected chi connectivity index (χ2v) is 9.44. The number of carbonyl (C=O) groups excluding carboxylic acids is 1. The number of anilines is 1. The highest BCUT2D eigenvalue weighted by atomic mass is 32.2. The predicted octanol–water partition coefficient (Wildman–Crippen LogP) is 3.23. The van der Waals surface area contributed by atoms with Crippen LogP contribution in [0.15, 0.2) is 53.4 Å². The van der Waals surface area contributed by atoms with Gasteiger partial charge < -0.3 is 10.6 Å². The third kappa shape index (κ3) is 5.62. The lowest BCUT2D eigenvalue weighted by atomic mass is 10.1. The highest BCUT2D eigenvalue weighted by Crippen LogP contribution is 2.22. The summed E-state index contributed by atoms with van der Waals surface area (Å²) in [7, 11) is -3.46. The maximum absolute atomic E-state index is 12.7. The fourth-order valence-corrected chi connectivity index (χ4v) is 5.03. The van der Waals surface area contributed by atoms with Gasteiger partial charge in [0, 0.05) is 18.8 Å². The second-order valence-electron chi connectivity index (χ2n) is 7.09. The van der Waals surface area contributed by atoms with Crippen molar-refractivity contribution in [3.63, 3.8) is 0 Å². The molecule has 0 atom stereocenters. The number of hydrogen-bond acceptors (Lipinski definition) is 4. The van der Waals surface area contributed by atoms with Crippen LogP contribution in [0.25, 0.3) is 0 Å². The first-order valence-corrected chi connectivity index (χ1v) is 11.5. The molecule has 1 amide bonds. The first kappa shape index (κ1) is 21.4. The highest BCUT2D eigenvalue weighted by Gasteiger charge is 2.25. The Morgan fingerprint density at radius 3 is 2.34 bits per heavy atom. The molecule has 0 unspecified atom stereocenters. The van der Waals surface area contributed by atoms with E-state index in [0.717, 1.165) is 30.4 Å². The third-order valence-corrected chi connectivity index (χ3v) is 7.05. The molecule has 29 heavy (non-hydrogen) atoms. The Balaban J connectivity index is 1.57. The Morgan fingerprint density at radius 2 is 1.69 bits per heavy atom. The lowest BCUT2D eigenvalue weighted by Crippen LogP contribution is -2.36. The summed E-state index contributed by atoms with van der Waals surface area (Å²) >= 11 is 5.20. The van der Waals surface area contributed by atoms with Gasteiger partial charge in [-0.3, -0.25) is 4.79 Å². The molecule has 1 fully saturated rings. The van der Waals surface area contributed by atoms with E-state index in [1.807, 2.05) is 31.2 Å². The van der Waals surface area contributed by atoms with Crippen molar-refractivity contribution >= 4 is 38.9 Å². The van der Waals surface area contributed by atoms with E-state index >= 15 is 0 Å². The van der Waals surface area contributed by atoms with Gasteiger partial charge in [0.1, 0.15) is 0 Å². The van der Waals surface area contributed by atoms with E-state index in [1.165, 1.54) is 4.31 Å². The van der Waals surface area contributed by atoms with Crippen molar-refractivity contribution in [1.29, 1.82) is 0 Å². The number of nitrogens with zero attached hydrogens (tertiary/aromatic N) is 1. The molecular formula is C21H25N3O3S2. The molecular weight excluding hydrogens is 406 g/mol. The molecule has 0 saturated carbocycles. The minimum atomic E-state index is -3.46. The molecule has 154 valence electrons. The van der Waals surface area contributed by atoms with Crippen LogP contribution in [0, 0.1) is 6.92 Å². The van der Waals surface area contributed by atoms with Crippen molar-refractivity contribution in [1.82, 2.24) is 9.62 Å². The van der Waals surface area contributed by atoms with Crippen LogP contribution in [0.2, 0.25) is 0 Å². The van der Waals surface area contributed by atoms with Gasteiger partial charge in [-0.05, 0) is 67.4 Å². The van der Waals surface area contributed by atoms with Crippen LogP contribution in [0.1, 0.15) is 30.4 Å². The van der Waals surface area contributed by atoms with E-state index in [2.05, 4.69) is 10.6 Å². The van der Waals surface area contributed by atoms with E-state index in [1.54, 1.807) is 24.3 Å². The molecule has 1 saturated heterocycles. The van der Waals surface area contributed by atoms with Crippen molar-refractivity contribution in [2.45, 2.75) is 37.5 Å². The summed E-state index contributed by atoms with van der Waals surface area (Å²) in [5.41, 5.74) is 2.61. The van der Waals surface area contributed by atoms with Crippen LogP contribution in [0.5, 0.6) is 0 Å². The van der Waals surface area contributed by atoms with Crippen LogP contribution in [0.3, 0.4) is 0 Å². The number of aryl methyl sites for hydroxylation is 1. The van der Waals surface area contributed by atoms with Gasteiger partial charge >= 0.3 is 0 Å². The molecule has 0 aromatic heterocycles. The molecule has 0 aliphatic carbocycles. The molecule has 2 aromatic carbocycles. The van der Waals surface area contributed by atoms with Gasteiger partial charge in [-0.25, -0.2) is 8.42 Å². The normalized spacial score (nSPS) is 14.9. The van der Waals surface area contributed by atoms with Gasteiger partial charge in [0.25, 0.3) is 0 Å². The SMILES string of the molecule is Cc1ccccc1CC(=O)NC(=S)Nc1ccc(S(=O)(=O)N2CCCCC2)cc1. The van der Waals surface area contributed by atoms with E-state index in [4.69, 9.17) is 12.2 Å². The number of thiocarbonyl (C=S) groups is 1. The molecule has 0 spiro atoms. The summed E-state index contributed by atoms with van der Waals surface area (Å²) in [5.74, 6) is -0.207. The highest BCUT2D eigenvalue weighted by molar-refractivity contribution is 7.89. The maximum Gasteiger partial charge on any atom is 0.243 e. The van der Waals surface area contributed by atoms with Crippen molar-refractivity contribution in [2.75, 3.05) is 18.4 Å². The van der Waals surface area contributed by atoms with Gasteiger partial charge in [-0.15, -0.1) is 0 Å². The topological polar surface area (TPSA) is 78.5 Å². The van der Waals surface area contributed by atoms with E-state index in [0.29, 0.717) is 18.8 Å². The van der Waals surface area contributed by atoms with Gasteiger partial charge in [0.15, 0.2) is 5.11 Å². The number of piperidine rings is 1. The summed E-state index contributed by atoms with van der Waals surface area (Å²) in [6.45, 7) is 3.09. The van der Waals surface area contributed by atoms with Crippen molar-refractivity contribution < 1.29 is 13.2 Å². The number of benzene rings is 2. The van der Waals surface area contributed by atoms with Gasteiger partial charge in [0.2, 0.25) is 15.9 Å². The average Bonchev–Trinajstić information content (AvgIpc) is 2.70. The minimum absolute atomic E-state index is 0.176. The van der Waals surface area contributed by atoms with Crippen molar-refractivity contribution in [3.05, 3.63) is 59.7 Å². The Labute approximate surface area is 177 Å². The molecule has 3 rings (SSSR count). The quantitative estimate of drug-likeness (QED) is 0.711. The standard InChI is InChI=1S/C21H25N3O3S2/c1-16-7-3-4-8-17(16)15-20(25)23-21(28)22-18-9-11-19(12-10-18)29(26,27)24-13-5-2-6-14-24/h3-4,7-12H,2,5-6,13-15H2,1H3,(H2,22,23,25,28). The molecule has 6 nitrogen and oxygen atoms in total. The Bertz CT molecular complexity index is 982. The first-order chi connectivity index (χ1) is 13.9. The van der Waals surface area contributed by atoms with Crippen LogP contribution < -0.4 is 10.6 Å². The predicted molar refractivity (Wildman–Crippen MR) is 118 cm³/mol. The van der Waals surface area contributed by atoms with Crippen molar-refractivity contribution in [3.8, 4) is 0 Å². The summed E-state index contributed by atoms with van der Waals surface area (Å²) in [4.78, 5) is 12.5. The second kappa shape index (κ2) is 9.47. The summed E-state index contributed by atoms with van der Waals surface area (Å²) in [6, 6.07) is 14.1. The number of amides is 1. The molecule has 1 heterocycles. The number of nitrogens with one attached hydrogen (secondary N) is 2. The molecule has 2 aromatic rings. The monoisotopic (exact) mass is 431 g/mol. The molecule has 1 aliphatic heterocycles. The average molecular weight is 432 g/mol. The number of sulfonamides is 1. The van der Waals surface area contributed by atoms with Gasteiger partial charge in [-0.1, -0.05) is 30.7 Å². The zero-order valence-corrected chi connectivity index (χ0v) is 18.0. The number of carbonyl (C=O) groups is 1. The molecule has 0 bridgehead atoms. The smallest absolute Gasteiger partial charge is 0.243 e. The molecule has 1 aliphatic rings. The third-order valence-electron chi connectivity index (χ3n) is 4.93. The Kier molecular flexibility index (Phi) is 7.00. The van der Waals surface area contributed by atoms with Crippen LogP contribution in [-0.4, -0.2) is 36.8 Å². The van der Waals surface area contributed by atoms with E-state index in [9.17, 15) is 13.2 Å². The zero-order chi connectivity index (χ0) is 20.9. The fourth-order valence-electron chi connectivity index (χ4n) is 3.28. The molecule has 2 N–H and O–H groups in total. The number of rotatable bonds is 5.